The fourth-order valence-electron chi connectivity index (χ4n) is 1.87. The van der Waals surface area contributed by atoms with E-state index >= 15 is 0 Å². The van der Waals surface area contributed by atoms with E-state index in [2.05, 4.69) is 0 Å². The van der Waals surface area contributed by atoms with Crippen LogP contribution in [0, 0.1) is 5.82 Å². The highest BCUT2D eigenvalue weighted by Crippen LogP contribution is 2.30. The van der Waals surface area contributed by atoms with Gasteiger partial charge in [-0.15, -0.1) is 0 Å². The predicted molar refractivity (Wildman–Crippen MR) is 70.1 cm³/mol. The van der Waals surface area contributed by atoms with Gasteiger partial charge in [-0.05, 0) is 37.3 Å². The van der Waals surface area contributed by atoms with Gasteiger partial charge in [0.05, 0.1) is 0 Å². The number of ether oxygens (including phenoxy) is 1. The molecule has 0 fully saturated rings. The number of benzene rings is 1. The van der Waals surface area contributed by atoms with Crippen molar-refractivity contribution >= 4 is 11.8 Å². The van der Waals surface area contributed by atoms with Gasteiger partial charge in [-0.25, -0.2) is 4.39 Å². The van der Waals surface area contributed by atoms with E-state index in [0.29, 0.717) is 0 Å². The van der Waals surface area contributed by atoms with Crippen LogP contribution in [0.3, 0.4) is 0 Å². The molecule has 0 radical (unpaired) electrons. The molecule has 2 rings (SSSR count). The number of nitrogens with two attached hydrogens (primary N) is 1. The molecule has 0 aliphatic carbocycles. The van der Waals surface area contributed by atoms with Gasteiger partial charge < -0.3 is 10.5 Å². The van der Waals surface area contributed by atoms with E-state index in [1.54, 1.807) is 12.1 Å². The van der Waals surface area contributed by atoms with Crippen molar-refractivity contribution in [2.24, 2.45) is 5.73 Å². The Bertz CT molecular complexity index is 384. The zero-order chi connectivity index (χ0) is 12.3. The second-order valence-electron chi connectivity index (χ2n) is 4.54. The SMILES string of the molecule is CC(N)CCSCC1Cc2cc(F)ccc2O1. The first-order valence-electron chi connectivity index (χ1n) is 5.93. The molecule has 0 amide bonds. The van der Waals surface area contributed by atoms with E-state index in [1.807, 2.05) is 18.7 Å². The van der Waals surface area contributed by atoms with E-state index in [1.165, 1.54) is 6.07 Å². The summed E-state index contributed by atoms with van der Waals surface area (Å²) in [6.07, 6.45) is 2.03. The molecule has 2 N–H and O–H groups in total. The third-order valence-electron chi connectivity index (χ3n) is 2.79. The first-order valence-corrected chi connectivity index (χ1v) is 7.09. The molecule has 4 heteroatoms. The molecular formula is C13H18FNOS. The van der Waals surface area contributed by atoms with Gasteiger partial charge in [0.1, 0.15) is 17.7 Å². The third-order valence-corrected chi connectivity index (χ3v) is 3.92. The van der Waals surface area contributed by atoms with Crippen LogP contribution in [0.15, 0.2) is 18.2 Å². The molecule has 1 aliphatic heterocycles. The molecule has 1 aromatic rings. The highest BCUT2D eigenvalue weighted by atomic mass is 32.2. The summed E-state index contributed by atoms with van der Waals surface area (Å²) >= 11 is 1.85. The molecule has 0 saturated heterocycles. The quantitative estimate of drug-likeness (QED) is 0.821. The molecule has 2 unspecified atom stereocenters. The van der Waals surface area contributed by atoms with Gasteiger partial charge >= 0.3 is 0 Å². The van der Waals surface area contributed by atoms with Crippen molar-refractivity contribution in [1.29, 1.82) is 0 Å². The van der Waals surface area contributed by atoms with Crippen LogP contribution in [0.2, 0.25) is 0 Å². The molecule has 0 aromatic heterocycles. The smallest absolute Gasteiger partial charge is 0.123 e. The average molecular weight is 255 g/mol. The first kappa shape index (κ1) is 12.7. The number of halogens is 1. The van der Waals surface area contributed by atoms with Crippen LogP contribution in [0.4, 0.5) is 4.39 Å². The van der Waals surface area contributed by atoms with Crippen molar-refractivity contribution in [2.75, 3.05) is 11.5 Å². The van der Waals surface area contributed by atoms with Crippen molar-refractivity contribution in [2.45, 2.75) is 31.9 Å². The summed E-state index contributed by atoms with van der Waals surface area (Å²) in [6.45, 7) is 2.02. The summed E-state index contributed by atoms with van der Waals surface area (Å²) in [4.78, 5) is 0. The fraction of sp³-hybridized carbons (Fsp3) is 0.538. The topological polar surface area (TPSA) is 35.2 Å². The van der Waals surface area contributed by atoms with Crippen molar-refractivity contribution in [1.82, 2.24) is 0 Å². The van der Waals surface area contributed by atoms with Crippen LogP contribution in [0.5, 0.6) is 5.75 Å². The normalized spacial score (nSPS) is 19.8. The van der Waals surface area contributed by atoms with Crippen molar-refractivity contribution in [3.63, 3.8) is 0 Å². The lowest BCUT2D eigenvalue weighted by Crippen LogP contribution is -2.18. The summed E-state index contributed by atoms with van der Waals surface area (Å²) in [6, 6.07) is 5.00. The van der Waals surface area contributed by atoms with Crippen LogP contribution < -0.4 is 10.5 Å². The number of hydrogen-bond acceptors (Lipinski definition) is 3. The van der Waals surface area contributed by atoms with Gasteiger partial charge in [0.15, 0.2) is 0 Å². The number of hydrogen-bond donors (Lipinski definition) is 1. The maximum absolute atomic E-state index is 13.0. The molecule has 94 valence electrons. The first-order chi connectivity index (χ1) is 8.15. The molecule has 1 aliphatic rings. The summed E-state index contributed by atoms with van der Waals surface area (Å²) in [5, 5.41) is 0. The zero-order valence-electron chi connectivity index (χ0n) is 9.99. The van der Waals surface area contributed by atoms with Crippen LogP contribution in [-0.4, -0.2) is 23.7 Å². The summed E-state index contributed by atoms with van der Waals surface area (Å²) in [5.74, 6) is 2.66. The second-order valence-corrected chi connectivity index (χ2v) is 5.69. The molecule has 1 aromatic carbocycles. The number of thioether (sulfide) groups is 1. The Morgan fingerprint density at radius 1 is 1.59 bits per heavy atom. The van der Waals surface area contributed by atoms with Crippen molar-refractivity contribution in [3.8, 4) is 5.75 Å². The van der Waals surface area contributed by atoms with E-state index in [0.717, 1.165) is 35.7 Å². The van der Waals surface area contributed by atoms with Gasteiger partial charge in [0.2, 0.25) is 0 Å². The Hall–Kier alpha value is -0.740. The minimum atomic E-state index is -0.183. The van der Waals surface area contributed by atoms with Gasteiger partial charge in [-0.2, -0.15) is 11.8 Å². The molecular weight excluding hydrogens is 237 g/mol. The molecule has 2 atom stereocenters. The lowest BCUT2D eigenvalue weighted by Gasteiger charge is -2.10. The lowest BCUT2D eigenvalue weighted by molar-refractivity contribution is 0.259. The molecule has 1 heterocycles. The third kappa shape index (κ3) is 3.61. The summed E-state index contributed by atoms with van der Waals surface area (Å²) in [7, 11) is 0. The molecule has 0 bridgehead atoms. The summed E-state index contributed by atoms with van der Waals surface area (Å²) < 4.78 is 18.8. The Balaban J connectivity index is 1.76. The minimum Gasteiger partial charge on any atom is -0.489 e. The van der Waals surface area contributed by atoms with Crippen LogP contribution in [-0.2, 0) is 6.42 Å². The van der Waals surface area contributed by atoms with E-state index in [9.17, 15) is 4.39 Å². The number of rotatable bonds is 5. The highest BCUT2D eigenvalue weighted by molar-refractivity contribution is 7.99. The molecule has 2 nitrogen and oxygen atoms in total. The standard InChI is InChI=1S/C13H18FNOS/c1-9(15)4-5-17-8-12-7-10-6-11(14)2-3-13(10)16-12/h2-3,6,9,12H,4-5,7-8,15H2,1H3. The van der Waals surface area contributed by atoms with E-state index in [4.69, 9.17) is 10.5 Å². The minimum absolute atomic E-state index is 0.183. The molecule has 0 saturated carbocycles. The largest absolute Gasteiger partial charge is 0.489 e. The van der Waals surface area contributed by atoms with Crippen LogP contribution >= 0.6 is 11.8 Å². The van der Waals surface area contributed by atoms with Gasteiger partial charge in [0.25, 0.3) is 0 Å². The van der Waals surface area contributed by atoms with Crippen LogP contribution in [0.25, 0.3) is 0 Å². The maximum Gasteiger partial charge on any atom is 0.123 e. The Labute approximate surface area is 106 Å². The van der Waals surface area contributed by atoms with E-state index in [-0.39, 0.29) is 18.0 Å². The monoisotopic (exact) mass is 255 g/mol. The Kier molecular flexibility index (Phi) is 4.29. The zero-order valence-corrected chi connectivity index (χ0v) is 10.8. The Morgan fingerprint density at radius 2 is 2.41 bits per heavy atom. The second kappa shape index (κ2) is 5.74. The Morgan fingerprint density at radius 3 is 3.18 bits per heavy atom. The summed E-state index contributed by atoms with van der Waals surface area (Å²) in [5.41, 5.74) is 6.67. The van der Waals surface area contributed by atoms with Crippen molar-refractivity contribution < 1.29 is 9.13 Å². The fourth-order valence-corrected chi connectivity index (χ4v) is 3.02. The number of fused-ring (bicyclic) bond motifs is 1. The molecule has 17 heavy (non-hydrogen) atoms. The van der Waals surface area contributed by atoms with E-state index < -0.39 is 0 Å². The van der Waals surface area contributed by atoms with Gasteiger partial charge in [0, 0.05) is 23.8 Å². The average Bonchev–Trinajstić information content (AvgIpc) is 2.66. The van der Waals surface area contributed by atoms with Gasteiger partial charge in [-0.1, -0.05) is 0 Å². The van der Waals surface area contributed by atoms with Crippen LogP contribution in [0.1, 0.15) is 18.9 Å². The van der Waals surface area contributed by atoms with Crippen molar-refractivity contribution in [3.05, 3.63) is 29.6 Å². The maximum atomic E-state index is 13.0. The highest BCUT2D eigenvalue weighted by Gasteiger charge is 2.22. The molecule has 0 spiro atoms. The van der Waals surface area contributed by atoms with Gasteiger partial charge in [-0.3, -0.25) is 0 Å². The predicted octanol–water partition coefficient (Wildman–Crippen LogP) is 2.60. The lowest BCUT2D eigenvalue weighted by atomic mass is 10.1.